The summed E-state index contributed by atoms with van der Waals surface area (Å²) in [6, 6.07) is 0. The third-order valence-electron chi connectivity index (χ3n) is 0.244. The number of hydrogen-bond acceptors (Lipinski definition) is 3. The first kappa shape index (κ1) is 6.49. The molecule has 0 aliphatic rings. The molecule has 1 amide bonds. The SMILES string of the molecule is CC(=O)SC(N)=O. The molecule has 40 valence electrons. The average molecular weight is 119 g/mol. The number of amides is 1. The van der Waals surface area contributed by atoms with Gasteiger partial charge in [-0.1, -0.05) is 0 Å². The highest BCUT2D eigenvalue weighted by molar-refractivity contribution is 8.25. The maximum Gasteiger partial charge on any atom is 0.284 e. The van der Waals surface area contributed by atoms with Gasteiger partial charge in [-0.3, -0.25) is 9.59 Å². The fraction of sp³-hybridized carbons (Fsp3) is 0.333. The molecule has 0 fully saturated rings. The second kappa shape index (κ2) is 2.63. The van der Waals surface area contributed by atoms with Crippen LogP contribution in [0, 0.1) is 0 Å². The van der Waals surface area contributed by atoms with E-state index < -0.39 is 5.24 Å². The highest BCUT2D eigenvalue weighted by Crippen LogP contribution is 1.97. The molecule has 0 heterocycles. The Morgan fingerprint density at radius 1 is 1.57 bits per heavy atom. The first-order valence-electron chi connectivity index (χ1n) is 1.61. The third kappa shape index (κ3) is 5.49. The Labute approximate surface area is 45.3 Å². The van der Waals surface area contributed by atoms with Crippen molar-refractivity contribution in [1.82, 2.24) is 0 Å². The molecule has 0 aromatic rings. The average Bonchev–Trinajstić information content (AvgIpc) is 1.27. The molecular formula is C3H5NO2S. The molecule has 0 spiro atoms. The summed E-state index contributed by atoms with van der Waals surface area (Å²) >= 11 is 0.509. The number of carbonyl (C=O) groups excluding carboxylic acids is 2. The monoisotopic (exact) mass is 119 g/mol. The lowest BCUT2D eigenvalue weighted by molar-refractivity contribution is -0.109. The molecule has 0 aliphatic carbocycles. The summed E-state index contributed by atoms with van der Waals surface area (Å²) in [5.74, 6) is 0. The molecule has 2 N–H and O–H groups in total. The van der Waals surface area contributed by atoms with Crippen molar-refractivity contribution in [1.29, 1.82) is 0 Å². The lowest BCUT2D eigenvalue weighted by Crippen LogP contribution is -2.04. The van der Waals surface area contributed by atoms with Crippen molar-refractivity contribution in [2.75, 3.05) is 0 Å². The molecule has 0 bridgehead atoms. The molecule has 3 nitrogen and oxygen atoms in total. The molecule has 0 aliphatic heterocycles. The Morgan fingerprint density at radius 2 is 2.00 bits per heavy atom. The van der Waals surface area contributed by atoms with Crippen LogP contribution in [0.1, 0.15) is 6.92 Å². The Hall–Kier alpha value is -0.510. The zero-order valence-electron chi connectivity index (χ0n) is 3.80. The number of nitrogens with two attached hydrogens (primary N) is 1. The summed E-state index contributed by atoms with van der Waals surface area (Å²) in [4.78, 5) is 19.7. The minimum atomic E-state index is -0.646. The summed E-state index contributed by atoms with van der Waals surface area (Å²) in [6.07, 6.45) is 0. The number of carbonyl (C=O) groups is 2. The first-order valence-corrected chi connectivity index (χ1v) is 2.42. The molecule has 0 unspecified atom stereocenters. The largest absolute Gasteiger partial charge is 0.360 e. The Kier molecular flexibility index (Phi) is 2.44. The lowest BCUT2D eigenvalue weighted by Gasteiger charge is -1.81. The van der Waals surface area contributed by atoms with Crippen molar-refractivity contribution in [3.05, 3.63) is 0 Å². The van der Waals surface area contributed by atoms with Crippen LogP contribution in [-0.4, -0.2) is 10.4 Å². The van der Waals surface area contributed by atoms with Gasteiger partial charge in [0, 0.05) is 18.7 Å². The molecule has 0 radical (unpaired) electrons. The number of rotatable bonds is 0. The van der Waals surface area contributed by atoms with Crippen LogP contribution < -0.4 is 5.73 Å². The molecule has 0 atom stereocenters. The van der Waals surface area contributed by atoms with Gasteiger partial charge in [-0.25, -0.2) is 0 Å². The predicted octanol–water partition coefficient (Wildman–Crippen LogP) is 0.345. The van der Waals surface area contributed by atoms with Gasteiger partial charge in [0.1, 0.15) is 0 Å². The number of hydrogen-bond donors (Lipinski definition) is 1. The summed E-state index contributed by atoms with van der Waals surface area (Å²) in [6.45, 7) is 1.29. The van der Waals surface area contributed by atoms with Gasteiger partial charge in [-0.2, -0.15) is 0 Å². The van der Waals surface area contributed by atoms with Crippen molar-refractivity contribution in [3.63, 3.8) is 0 Å². The van der Waals surface area contributed by atoms with E-state index >= 15 is 0 Å². The normalized spacial score (nSPS) is 8.14. The predicted molar refractivity (Wildman–Crippen MR) is 27.9 cm³/mol. The molecule has 0 saturated heterocycles. The fourth-order valence-electron chi connectivity index (χ4n) is 0.142. The van der Waals surface area contributed by atoms with Gasteiger partial charge in [-0.05, 0) is 0 Å². The quantitative estimate of drug-likeness (QED) is 0.500. The second-order valence-electron chi connectivity index (χ2n) is 0.913. The number of thioether (sulfide) groups is 1. The maximum absolute atomic E-state index is 9.92. The summed E-state index contributed by atoms with van der Waals surface area (Å²) in [7, 11) is 0. The van der Waals surface area contributed by atoms with Gasteiger partial charge < -0.3 is 5.73 Å². The van der Waals surface area contributed by atoms with Crippen LogP contribution in [0.5, 0.6) is 0 Å². The summed E-state index contributed by atoms with van der Waals surface area (Å²) in [5, 5.41) is -0.917. The molecule has 0 saturated carbocycles. The zero-order valence-corrected chi connectivity index (χ0v) is 4.62. The Bertz CT molecular complexity index is 89.1. The fourth-order valence-corrected chi connectivity index (χ4v) is 0.425. The van der Waals surface area contributed by atoms with E-state index in [0.29, 0.717) is 11.8 Å². The van der Waals surface area contributed by atoms with Crippen molar-refractivity contribution >= 4 is 22.1 Å². The van der Waals surface area contributed by atoms with Crippen LogP contribution in [0.15, 0.2) is 0 Å². The highest BCUT2D eigenvalue weighted by Gasteiger charge is 1.96. The Morgan fingerprint density at radius 3 is 2.00 bits per heavy atom. The van der Waals surface area contributed by atoms with Crippen molar-refractivity contribution < 1.29 is 9.59 Å². The van der Waals surface area contributed by atoms with Crippen LogP contribution >= 0.6 is 11.8 Å². The minimum Gasteiger partial charge on any atom is -0.360 e. The van der Waals surface area contributed by atoms with Gasteiger partial charge in [0.05, 0.1) is 0 Å². The highest BCUT2D eigenvalue weighted by atomic mass is 32.2. The van der Waals surface area contributed by atoms with Gasteiger partial charge in [0.15, 0.2) is 5.12 Å². The van der Waals surface area contributed by atoms with E-state index in [4.69, 9.17) is 0 Å². The molecule has 0 aromatic heterocycles. The van der Waals surface area contributed by atoms with Crippen LogP contribution in [0.4, 0.5) is 4.79 Å². The van der Waals surface area contributed by atoms with Gasteiger partial charge in [0.25, 0.3) is 5.24 Å². The smallest absolute Gasteiger partial charge is 0.284 e. The van der Waals surface area contributed by atoms with Crippen LogP contribution in [-0.2, 0) is 4.79 Å². The topological polar surface area (TPSA) is 60.2 Å². The standard InChI is InChI=1S/C3H5NO2S/c1-2(5)7-3(4)6/h1H3,(H2,4,6). The van der Waals surface area contributed by atoms with E-state index in [1.165, 1.54) is 6.92 Å². The zero-order chi connectivity index (χ0) is 5.86. The van der Waals surface area contributed by atoms with Crippen molar-refractivity contribution in [3.8, 4) is 0 Å². The summed E-state index contributed by atoms with van der Waals surface area (Å²) in [5.41, 5.74) is 4.60. The minimum absolute atomic E-state index is 0.271. The van der Waals surface area contributed by atoms with E-state index in [1.807, 2.05) is 0 Å². The van der Waals surface area contributed by atoms with Crippen LogP contribution in [0.2, 0.25) is 0 Å². The van der Waals surface area contributed by atoms with Crippen LogP contribution in [0.25, 0.3) is 0 Å². The molecule has 4 heteroatoms. The molecule has 0 rings (SSSR count). The maximum atomic E-state index is 9.92. The third-order valence-corrected chi connectivity index (χ3v) is 0.733. The second-order valence-corrected chi connectivity index (χ2v) is 2.09. The molecule has 7 heavy (non-hydrogen) atoms. The van der Waals surface area contributed by atoms with Gasteiger partial charge in [-0.15, -0.1) is 0 Å². The van der Waals surface area contributed by atoms with Gasteiger partial charge >= 0.3 is 0 Å². The first-order chi connectivity index (χ1) is 3.13. The van der Waals surface area contributed by atoms with E-state index in [2.05, 4.69) is 5.73 Å². The van der Waals surface area contributed by atoms with Crippen molar-refractivity contribution in [2.24, 2.45) is 5.73 Å². The van der Waals surface area contributed by atoms with Crippen molar-refractivity contribution in [2.45, 2.75) is 6.92 Å². The number of primary amides is 1. The lowest BCUT2D eigenvalue weighted by atomic mass is 10.9. The van der Waals surface area contributed by atoms with E-state index in [1.54, 1.807) is 0 Å². The van der Waals surface area contributed by atoms with E-state index in [9.17, 15) is 9.59 Å². The van der Waals surface area contributed by atoms with E-state index in [-0.39, 0.29) is 5.12 Å². The van der Waals surface area contributed by atoms with E-state index in [0.717, 1.165) is 0 Å². The van der Waals surface area contributed by atoms with Gasteiger partial charge in [0.2, 0.25) is 0 Å². The van der Waals surface area contributed by atoms with Crippen LogP contribution in [0.3, 0.4) is 0 Å². The molecule has 0 aromatic carbocycles. The summed E-state index contributed by atoms with van der Waals surface area (Å²) < 4.78 is 0. The molecular weight excluding hydrogens is 114 g/mol. The Balaban J connectivity index is 3.32.